The van der Waals surface area contributed by atoms with Gasteiger partial charge in [-0.25, -0.2) is 9.59 Å². The lowest BCUT2D eigenvalue weighted by molar-refractivity contribution is -0.360. The van der Waals surface area contributed by atoms with Gasteiger partial charge >= 0.3 is 45.5 Å². The maximum Gasteiger partial charge on any atom is 0.468 e. The number of ether oxygens (including phenoxy) is 3. The second-order valence-electron chi connectivity index (χ2n) is 5.02. The molecule has 0 saturated heterocycles. The Morgan fingerprint density at radius 2 is 1.52 bits per heavy atom. The maximum absolute atomic E-state index is 13.4. The van der Waals surface area contributed by atoms with Gasteiger partial charge in [-0.2, -0.15) is 43.5 Å². The van der Waals surface area contributed by atoms with Crippen LogP contribution in [-0.2, 0) is 33.9 Å². The van der Waals surface area contributed by atoms with Crippen molar-refractivity contribution in [3.05, 3.63) is 12.2 Å². The van der Waals surface area contributed by atoms with E-state index in [0.29, 0.717) is 0 Å². The fourth-order valence-electron chi connectivity index (χ4n) is 1.24. The van der Waals surface area contributed by atoms with E-state index in [9.17, 15) is 53.1 Å². The second-order valence-corrected chi connectivity index (χ2v) is 6.56. The van der Waals surface area contributed by atoms with E-state index in [0.717, 1.165) is 0 Å². The Kier molecular flexibility index (Phi) is 8.17. The van der Waals surface area contributed by atoms with E-state index in [1.807, 2.05) is 0 Å². The predicted octanol–water partition coefficient (Wildman–Crippen LogP) is 2.36. The summed E-state index contributed by atoms with van der Waals surface area (Å²) < 4.78 is 144. The molecule has 17 heteroatoms. The zero-order valence-electron chi connectivity index (χ0n) is 14.1. The van der Waals surface area contributed by atoms with Gasteiger partial charge in [0.25, 0.3) is 0 Å². The van der Waals surface area contributed by atoms with Gasteiger partial charge < -0.3 is 14.2 Å². The smallest absolute Gasteiger partial charge is 0.461 e. The highest BCUT2D eigenvalue weighted by Crippen LogP contribution is 2.39. The Labute approximate surface area is 157 Å². The maximum atomic E-state index is 13.4. The Hall–Kier alpha value is -2.01. The number of rotatable bonds is 9. The molecule has 0 heterocycles. The normalized spacial score (nSPS) is 15.4. The molecule has 0 aromatic heterocycles. The van der Waals surface area contributed by atoms with Gasteiger partial charge in [-0.05, 0) is 6.42 Å². The number of hydrogen-bond acceptors (Lipinski definition) is 7. The molecule has 0 radical (unpaired) electrons. The van der Waals surface area contributed by atoms with Crippen LogP contribution >= 0.6 is 0 Å². The van der Waals surface area contributed by atoms with Crippen molar-refractivity contribution in [2.45, 2.75) is 36.7 Å². The van der Waals surface area contributed by atoms with Crippen LogP contribution in [0.3, 0.4) is 0 Å². The molecule has 1 N–H and O–H groups in total. The lowest BCUT2D eigenvalue weighted by Gasteiger charge is -2.33. The molecule has 0 bridgehead atoms. The summed E-state index contributed by atoms with van der Waals surface area (Å²) in [5.74, 6) is -11.0. The summed E-state index contributed by atoms with van der Waals surface area (Å²) in [6.45, 7) is -0.468. The molecule has 1 atom stereocenters. The predicted molar refractivity (Wildman–Crippen MR) is 73.8 cm³/mol. The number of esters is 2. The monoisotopic (exact) mass is 468 g/mol. The van der Waals surface area contributed by atoms with E-state index in [4.69, 9.17) is 4.55 Å². The van der Waals surface area contributed by atoms with Crippen LogP contribution in [0.4, 0.5) is 35.1 Å². The molecular weight excluding hydrogens is 456 g/mol. The summed E-state index contributed by atoms with van der Waals surface area (Å²) in [6.07, 6.45) is -12.2. The van der Waals surface area contributed by atoms with Gasteiger partial charge in [0, 0.05) is 0 Å². The SMILES string of the molecule is C=C(C(=O)OC(OCC(F)(F)S(=O)(=O)O)(C(=O)OCCC)C(F)(F)F)C(F)(F)F. The molecule has 8 nitrogen and oxygen atoms in total. The first kappa shape index (κ1) is 27.0. The molecule has 0 aliphatic carbocycles. The number of halogens is 8. The summed E-state index contributed by atoms with van der Waals surface area (Å²) in [5, 5.41) is -5.48. The number of alkyl halides is 8. The highest BCUT2D eigenvalue weighted by atomic mass is 32.2. The van der Waals surface area contributed by atoms with Gasteiger partial charge in [0.15, 0.2) is 0 Å². The number of carbonyl (C=O) groups is 2. The zero-order chi connectivity index (χ0) is 23.5. The summed E-state index contributed by atoms with van der Waals surface area (Å²) in [7, 11) is -6.40. The summed E-state index contributed by atoms with van der Waals surface area (Å²) in [5.41, 5.74) is -2.58. The first-order valence-corrected chi connectivity index (χ1v) is 8.39. The highest BCUT2D eigenvalue weighted by molar-refractivity contribution is 7.86. The molecule has 0 amide bonds. The molecular formula is C12H12F8O8S. The zero-order valence-corrected chi connectivity index (χ0v) is 14.9. The van der Waals surface area contributed by atoms with Crippen LogP contribution in [0.25, 0.3) is 0 Å². The Balaban J connectivity index is 6.27. The van der Waals surface area contributed by atoms with E-state index < -0.39 is 64.2 Å². The minimum absolute atomic E-state index is 0.177. The van der Waals surface area contributed by atoms with Crippen molar-refractivity contribution in [1.29, 1.82) is 0 Å². The van der Waals surface area contributed by atoms with Gasteiger partial charge in [0.05, 0.1) is 6.61 Å². The fourth-order valence-corrected chi connectivity index (χ4v) is 1.45. The van der Waals surface area contributed by atoms with Crippen LogP contribution in [-0.4, -0.2) is 61.5 Å². The average molecular weight is 468 g/mol. The third-order valence-corrected chi connectivity index (χ3v) is 3.60. The van der Waals surface area contributed by atoms with Crippen LogP contribution < -0.4 is 0 Å². The number of hydrogen-bond donors (Lipinski definition) is 1. The van der Waals surface area contributed by atoms with E-state index >= 15 is 0 Å². The minimum Gasteiger partial charge on any atom is -0.461 e. The molecule has 0 saturated carbocycles. The van der Waals surface area contributed by atoms with Crippen LogP contribution in [0.2, 0.25) is 0 Å². The molecule has 0 aromatic rings. The number of carbonyl (C=O) groups excluding carboxylic acids is 2. The van der Waals surface area contributed by atoms with Crippen molar-refractivity contribution >= 4 is 22.1 Å². The molecule has 0 aromatic carbocycles. The second kappa shape index (κ2) is 8.78. The largest absolute Gasteiger partial charge is 0.468 e. The van der Waals surface area contributed by atoms with Crippen molar-refractivity contribution in [3.63, 3.8) is 0 Å². The van der Waals surface area contributed by atoms with Gasteiger partial charge in [-0.1, -0.05) is 13.5 Å². The van der Waals surface area contributed by atoms with Crippen LogP contribution in [0.15, 0.2) is 12.2 Å². The molecule has 29 heavy (non-hydrogen) atoms. The molecule has 0 rings (SSSR count). The molecule has 0 spiro atoms. The van der Waals surface area contributed by atoms with Crippen molar-refractivity contribution in [1.82, 2.24) is 0 Å². The van der Waals surface area contributed by atoms with Gasteiger partial charge in [-0.15, -0.1) is 0 Å². The van der Waals surface area contributed by atoms with E-state index in [1.54, 1.807) is 0 Å². The van der Waals surface area contributed by atoms with Crippen molar-refractivity contribution in [3.8, 4) is 0 Å². The Morgan fingerprint density at radius 3 is 1.86 bits per heavy atom. The molecule has 170 valence electrons. The molecule has 0 fully saturated rings. The van der Waals surface area contributed by atoms with E-state index in [1.165, 1.54) is 6.92 Å². The first-order valence-electron chi connectivity index (χ1n) is 6.95. The van der Waals surface area contributed by atoms with Crippen LogP contribution in [0.5, 0.6) is 0 Å². The third kappa shape index (κ3) is 6.49. The summed E-state index contributed by atoms with van der Waals surface area (Å²) in [6, 6.07) is 0. The third-order valence-electron chi connectivity index (χ3n) is 2.73. The van der Waals surface area contributed by atoms with Crippen LogP contribution in [0.1, 0.15) is 13.3 Å². The molecule has 0 aliphatic rings. The van der Waals surface area contributed by atoms with Gasteiger partial charge in [0.1, 0.15) is 12.2 Å². The molecule has 1 unspecified atom stereocenters. The fraction of sp³-hybridized carbons (Fsp3) is 0.667. The standard InChI is InChI=1S/C12H12F8O8S/c1-3-4-26-8(22)10(12(18,19)20,27-5-9(13,14)29(23,24)25)28-7(21)6(2)11(15,16)17/h2-5H2,1H3,(H,23,24,25). The van der Waals surface area contributed by atoms with Crippen molar-refractivity contribution in [2.75, 3.05) is 13.2 Å². The van der Waals surface area contributed by atoms with Crippen LogP contribution in [0, 0.1) is 0 Å². The van der Waals surface area contributed by atoms with E-state index in [-0.39, 0.29) is 6.42 Å². The average Bonchev–Trinajstić information content (AvgIpc) is 2.52. The van der Waals surface area contributed by atoms with E-state index in [2.05, 4.69) is 20.8 Å². The lowest BCUT2D eigenvalue weighted by atomic mass is 10.2. The molecule has 0 aliphatic heterocycles. The van der Waals surface area contributed by atoms with Gasteiger partial charge in [0.2, 0.25) is 0 Å². The Morgan fingerprint density at radius 1 is 1.03 bits per heavy atom. The Bertz CT molecular complexity index is 742. The van der Waals surface area contributed by atoms with Crippen molar-refractivity contribution < 1.29 is 71.9 Å². The summed E-state index contributed by atoms with van der Waals surface area (Å²) in [4.78, 5) is 23.1. The van der Waals surface area contributed by atoms with Crippen molar-refractivity contribution in [2.24, 2.45) is 0 Å². The summed E-state index contributed by atoms with van der Waals surface area (Å²) >= 11 is 0. The topological polar surface area (TPSA) is 116 Å². The lowest BCUT2D eigenvalue weighted by Crippen LogP contribution is -2.60. The minimum atomic E-state index is -6.40. The van der Waals surface area contributed by atoms with Gasteiger partial charge in [-0.3, -0.25) is 4.55 Å². The highest BCUT2D eigenvalue weighted by Gasteiger charge is 2.69. The quantitative estimate of drug-likeness (QED) is 0.180. The first-order chi connectivity index (χ1) is 12.7.